The molecule has 152 valence electrons. The summed E-state index contributed by atoms with van der Waals surface area (Å²) in [5.41, 5.74) is 2.24. The smallest absolute Gasteiger partial charge is 0.252 e. The number of amides is 1. The third kappa shape index (κ3) is 5.14. The van der Waals surface area contributed by atoms with E-state index in [4.69, 9.17) is 4.74 Å². The van der Waals surface area contributed by atoms with Crippen LogP contribution in [-0.4, -0.2) is 56.3 Å². The van der Waals surface area contributed by atoms with Gasteiger partial charge in [0.15, 0.2) is 0 Å². The molecule has 0 saturated carbocycles. The highest BCUT2D eigenvalue weighted by Crippen LogP contribution is 2.29. The van der Waals surface area contributed by atoms with Crippen molar-refractivity contribution in [3.05, 3.63) is 45.2 Å². The topological polar surface area (TPSA) is 66.9 Å². The molecule has 1 aliphatic rings. The Hall–Kier alpha value is -1.42. The number of rotatable bonds is 6. The van der Waals surface area contributed by atoms with Gasteiger partial charge in [0.05, 0.1) is 16.8 Å². The number of halogens is 1. The molecule has 0 spiro atoms. The van der Waals surface area contributed by atoms with Gasteiger partial charge >= 0.3 is 0 Å². The van der Waals surface area contributed by atoms with Crippen LogP contribution in [0, 0.1) is 13.8 Å². The molecule has 6 nitrogen and oxygen atoms in total. The van der Waals surface area contributed by atoms with Crippen LogP contribution < -0.4 is 4.74 Å². The Balaban J connectivity index is 1.48. The minimum atomic E-state index is -3.49. The Morgan fingerprint density at radius 3 is 2.32 bits per heavy atom. The molecule has 0 radical (unpaired) electrons. The molecule has 28 heavy (non-hydrogen) atoms. The second-order valence-electron chi connectivity index (χ2n) is 6.77. The van der Waals surface area contributed by atoms with E-state index in [1.807, 2.05) is 26.0 Å². The summed E-state index contributed by atoms with van der Waals surface area (Å²) in [5, 5.41) is 0. The van der Waals surface area contributed by atoms with E-state index in [2.05, 4.69) is 22.0 Å². The number of hydrogen-bond acceptors (Lipinski definition) is 5. The molecule has 1 fully saturated rings. The molecule has 1 saturated heterocycles. The quantitative estimate of drug-likeness (QED) is 0.627. The van der Waals surface area contributed by atoms with E-state index in [0.717, 1.165) is 20.7 Å². The van der Waals surface area contributed by atoms with E-state index >= 15 is 0 Å². The van der Waals surface area contributed by atoms with Crippen LogP contribution in [0.4, 0.5) is 0 Å². The number of carbonyl (C=O) groups excluding carboxylic acids is 1. The Kier molecular flexibility index (Phi) is 6.80. The molecule has 9 heteroatoms. The second-order valence-corrected chi connectivity index (χ2v) is 11.4. The monoisotopic (exact) mass is 486 g/mol. The molecule has 1 amide bonds. The van der Waals surface area contributed by atoms with Crippen LogP contribution in [0.1, 0.15) is 17.5 Å². The molecular weight excluding hydrogens is 464 g/mol. The van der Waals surface area contributed by atoms with E-state index in [1.54, 1.807) is 17.0 Å². The first-order valence-electron chi connectivity index (χ1n) is 9.00. The van der Waals surface area contributed by atoms with Crippen molar-refractivity contribution in [2.75, 3.05) is 32.8 Å². The van der Waals surface area contributed by atoms with E-state index in [1.165, 1.54) is 15.6 Å². The van der Waals surface area contributed by atoms with Gasteiger partial charge in [-0.25, -0.2) is 8.42 Å². The number of aryl methyl sites for hydroxylation is 2. The number of carbonyl (C=O) groups is 1. The van der Waals surface area contributed by atoms with Crippen molar-refractivity contribution in [1.82, 2.24) is 9.21 Å². The maximum Gasteiger partial charge on any atom is 0.252 e. The zero-order chi connectivity index (χ0) is 20.3. The fourth-order valence-electron chi connectivity index (χ4n) is 3.17. The first-order chi connectivity index (χ1) is 13.3. The molecule has 1 aromatic carbocycles. The minimum Gasteiger partial charge on any atom is -0.493 e. The fraction of sp³-hybridized carbons (Fsp3) is 0.421. The standard InChI is InChI=1S/C19H23BrN2O4S2/c1-14-11-15(2)13-16(12-14)26-10-5-18(23)21-6-8-22(9-7-21)28(24,25)19-4-3-17(20)27-19/h3-4,11-13H,5-10H2,1-2H3. The summed E-state index contributed by atoms with van der Waals surface area (Å²) < 4.78 is 33.6. The first-order valence-corrected chi connectivity index (χ1v) is 12.0. The second kappa shape index (κ2) is 8.94. The number of sulfonamides is 1. The number of benzene rings is 1. The summed E-state index contributed by atoms with van der Waals surface area (Å²) in [6, 6.07) is 9.30. The number of ether oxygens (including phenoxy) is 1. The van der Waals surface area contributed by atoms with Gasteiger partial charge in [-0.2, -0.15) is 4.31 Å². The number of piperazine rings is 1. The van der Waals surface area contributed by atoms with Crippen molar-refractivity contribution >= 4 is 43.2 Å². The van der Waals surface area contributed by atoms with Crippen LogP contribution in [0.2, 0.25) is 0 Å². The Morgan fingerprint density at radius 2 is 1.75 bits per heavy atom. The molecule has 2 aromatic rings. The van der Waals surface area contributed by atoms with Gasteiger partial charge in [0.1, 0.15) is 9.96 Å². The van der Waals surface area contributed by atoms with Gasteiger partial charge in [0.25, 0.3) is 10.0 Å². The summed E-state index contributed by atoms with van der Waals surface area (Å²) in [7, 11) is -3.49. The van der Waals surface area contributed by atoms with E-state index in [0.29, 0.717) is 37.0 Å². The normalized spacial score (nSPS) is 15.6. The number of nitrogens with zero attached hydrogens (tertiary/aromatic N) is 2. The van der Waals surface area contributed by atoms with Crippen molar-refractivity contribution in [2.45, 2.75) is 24.5 Å². The predicted molar refractivity (Wildman–Crippen MR) is 113 cm³/mol. The lowest BCUT2D eigenvalue weighted by Crippen LogP contribution is -2.50. The van der Waals surface area contributed by atoms with Crippen LogP contribution in [-0.2, 0) is 14.8 Å². The fourth-order valence-corrected chi connectivity index (χ4v) is 6.76. The molecule has 0 aliphatic carbocycles. The van der Waals surface area contributed by atoms with Crippen LogP contribution in [0.25, 0.3) is 0 Å². The lowest BCUT2D eigenvalue weighted by molar-refractivity contribution is -0.132. The maximum atomic E-state index is 12.7. The molecule has 1 aromatic heterocycles. The highest BCUT2D eigenvalue weighted by Gasteiger charge is 2.30. The molecule has 0 atom stereocenters. The Bertz CT molecular complexity index is 930. The lowest BCUT2D eigenvalue weighted by Gasteiger charge is -2.33. The summed E-state index contributed by atoms with van der Waals surface area (Å²) in [5.74, 6) is 0.753. The summed E-state index contributed by atoms with van der Waals surface area (Å²) in [6.45, 7) is 5.73. The third-order valence-corrected chi connectivity index (χ3v) is 8.50. The van der Waals surface area contributed by atoms with Gasteiger partial charge in [0, 0.05) is 26.2 Å². The van der Waals surface area contributed by atoms with Gasteiger partial charge in [-0.3, -0.25) is 4.79 Å². The Morgan fingerprint density at radius 1 is 1.11 bits per heavy atom. The van der Waals surface area contributed by atoms with E-state index in [9.17, 15) is 13.2 Å². The minimum absolute atomic E-state index is 0.0136. The van der Waals surface area contributed by atoms with E-state index in [-0.39, 0.29) is 12.3 Å². The van der Waals surface area contributed by atoms with Gasteiger partial charge in [-0.15, -0.1) is 11.3 Å². The van der Waals surface area contributed by atoms with Crippen molar-refractivity contribution in [2.24, 2.45) is 0 Å². The summed E-state index contributed by atoms with van der Waals surface area (Å²) >= 11 is 4.49. The van der Waals surface area contributed by atoms with Crippen LogP contribution in [0.15, 0.2) is 38.3 Å². The molecule has 0 unspecified atom stereocenters. The van der Waals surface area contributed by atoms with Gasteiger partial charge in [-0.05, 0) is 65.2 Å². The lowest BCUT2D eigenvalue weighted by atomic mass is 10.1. The molecule has 0 N–H and O–H groups in total. The van der Waals surface area contributed by atoms with Crippen LogP contribution >= 0.6 is 27.3 Å². The number of hydrogen-bond donors (Lipinski definition) is 0. The molecule has 1 aliphatic heterocycles. The molecular formula is C19H23BrN2O4S2. The largest absolute Gasteiger partial charge is 0.493 e. The van der Waals surface area contributed by atoms with Gasteiger partial charge in [-0.1, -0.05) is 6.07 Å². The maximum absolute atomic E-state index is 12.7. The highest BCUT2D eigenvalue weighted by atomic mass is 79.9. The highest BCUT2D eigenvalue weighted by molar-refractivity contribution is 9.11. The summed E-state index contributed by atoms with van der Waals surface area (Å²) in [4.78, 5) is 14.1. The van der Waals surface area contributed by atoms with Crippen molar-refractivity contribution in [3.63, 3.8) is 0 Å². The first kappa shape index (κ1) is 21.3. The SMILES string of the molecule is Cc1cc(C)cc(OCCC(=O)N2CCN(S(=O)(=O)c3ccc(Br)s3)CC2)c1. The van der Waals surface area contributed by atoms with Crippen molar-refractivity contribution < 1.29 is 17.9 Å². The predicted octanol–water partition coefficient (Wildman–Crippen LogP) is 3.43. The van der Waals surface area contributed by atoms with Crippen LogP contribution in [0.5, 0.6) is 5.75 Å². The zero-order valence-corrected chi connectivity index (χ0v) is 19.1. The van der Waals surface area contributed by atoms with Gasteiger partial charge < -0.3 is 9.64 Å². The Labute approximate surface area is 178 Å². The van der Waals surface area contributed by atoms with Gasteiger partial charge in [0.2, 0.25) is 5.91 Å². The zero-order valence-electron chi connectivity index (χ0n) is 15.9. The average Bonchev–Trinajstić information content (AvgIpc) is 3.08. The van der Waals surface area contributed by atoms with Crippen LogP contribution in [0.3, 0.4) is 0 Å². The average molecular weight is 487 g/mol. The molecule has 0 bridgehead atoms. The number of thiophene rings is 1. The molecule has 2 heterocycles. The van der Waals surface area contributed by atoms with Crippen molar-refractivity contribution in [1.29, 1.82) is 0 Å². The third-order valence-electron chi connectivity index (χ3n) is 4.51. The van der Waals surface area contributed by atoms with Crippen molar-refractivity contribution in [3.8, 4) is 5.75 Å². The molecule has 3 rings (SSSR count). The summed E-state index contributed by atoms with van der Waals surface area (Å²) in [6.07, 6.45) is 0.275. The van der Waals surface area contributed by atoms with E-state index < -0.39 is 10.0 Å².